The highest BCUT2D eigenvalue weighted by Gasteiger charge is 2.09. The Morgan fingerprint density at radius 1 is 1.24 bits per heavy atom. The van der Waals surface area contributed by atoms with Gasteiger partial charge in [-0.15, -0.1) is 0 Å². The molecule has 5 heteroatoms. The summed E-state index contributed by atoms with van der Waals surface area (Å²) in [5, 5.41) is 0. The average Bonchev–Trinajstić information content (AvgIpc) is 2.13. The molecule has 0 aliphatic heterocycles. The molecule has 0 unspecified atom stereocenters. The Labute approximate surface area is 102 Å². The van der Waals surface area contributed by atoms with E-state index in [0.717, 1.165) is 5.69 Å². The number of aryl methyl sites for hydroxylation is 1. The lowest BCUT2D eigenvalue weighted by molar-refractivity contribution is -0.0384. The fraction of sp³-hybridized carbons (Fsp3) is 0.667. The summed E-state index contributed by atoms with van der Waals surface area (Å²) in [6.07, 6.45) is 0. The van der Waals surface area contributed by atoms with Crippen LogP contribution >= 0.6 is 0 Å². The summed E-state index contributed by atoms with van der Waals surface area (Å²) in [5.74, 6) is 1.08. The van der Waals surface area contributed by atoms with E-state index in [1.165, 1.54) is 0 Å². The minimum Gasteiger partial charge on any atom is -0.384 e. The van der Waals surface area contributed by atoms with Crippen molar-refractivity contribution in [3.8, 4) is 0 Å². The minimum absolute atomic E-state index is 0.131. The molecule has 17 heavy (non-hydrogen) atoms. The number of hydrogen-bond acceptors (Lipinski definition) is 5. The van der Waals surface area contributed by atoms with Crippen molar-refractivity contribution < 1.29 is 9.47 Å². The second kappa shape index (κ2) is 5.93. The Kier molecular flexibility index (Phi) is 4.84. The maximum atomic E-state index is 5.62. The molecule has 0 aliphatic carbocycles. The summed E-state index contributed by atoms with van der Waals surface area (Å²) in [4.78, 5) is 8.30. The van der Waals surface area contributed by atoms with Crippen LogP contribution in [0.25, 0.3) is 0 Å². The van der Waals surface area contributed by atoms with Crippen molar-refractivity contribution in [3.05, 3.63) is 17.6 Å². The molecule has 5 nitrogen and oxygen atoms in total. The first kappa shape index (κ1) is 13.9. The summed E-state index contributed by atoms with van der Waals surface area (Å²) in [6, 6.07) is 1.73. The molecular weight excluding hydrogens is 218 g/mol. The molecule has 2 N–H and O–H groups in total. The second-order valence-electron chi connectivity index (χ2n) is 4.86. The van der Waals surface area contributed by atoms with E-state index in [4.69, 9.17) is 15.2 Å². The van der Waals surface area contributed by atoms with Crippen LogP contribution in [0, 0.1) is 6.92 Å². The standard InChI is InChI=1S/C12H21N3O2/c1-9-7-10(13)15-11(14-9)8-16-5-6-17-12(2,3)4/h7H,5-6,8H2,1-4H3,(H2,13,14,15). The zero-order valence-corrected chi connectivity index (χ0v) is 11.0. The van der Waals surface area contributed by atoms with Crippen LogP contribution in [0.4, 0.5) is 5.82 Å². The molecule has 1 rings (SSSR count). The number of nitrogen functional groups attached to an aromatic ring is 1. The number of rotatable bonds is 5. The Bertz CT molecular complexity index is 341. The molecule has 1 aromatic rings. The lowest BCUT2D eigenvalue weighted by Gasteiger charge is -2.19. The van der Waals surface area contributed by atoms with E-state index >= 15 is 0 Å². The molecule has 0 bridgehead atoms. The van der Waals surface area contributed by atoms with Crippen LogP contribution in [-0.4, -0.2) is 28.8 Å². The highest BCUT2D eigenvalue weighted by atomic mass is 16.5. The van der Waals surface area contributed by atoms with Crippen molar-refractivity contribution in [2.45, 2.75) is 39.9 Å². The number of ether oxygens (including phenoxy) is 2. The minimum atomic E-state index is -0.131. The molecule has 0 spiro atoms. The van der Waals surface area contributed by atoms with E-state index in [1.54, 1.807) is 6.07 Å². The number of aromatic nitrogens is 2. The molecule has 0 radical (unpaired) electrons. The molecule has 0 atom stereocenters. The van der Waals surface area contributed by atoms with Gasteiger partial charge in [0.05, 0.1) is 18.8 Å². The van der Waals surface area contributed by atoms with Crippen molar-refractivity contribution in [1.29, 1.82) is 0 Å². The Balaban J connectivity index is 2.27. The second-order valence-corrected chi connectivity index (χ2v) is 4.86. The fourth-order valence-electron chi connectivity index (χ4n) is 1.29. The molecule has 1 aromatic heterocycles. The first-order valence-electron chi connectivity index (χ1n) is 5.68. The molecule has 0 aliphatic rings. The topological polar surface area (TPSA) is 70.3 Å². The zero-order valence-electron chi connectivity index (χ0n) is 11.0. The van der Waals surface area contributed by atoms with Gasteiger partial charge in [0, 0.05) is 11.8 Å². The normalized spacial score (nSPS) is 11.8. The summed E-state index contributed by atoms with van der Waals surface area (Å²) in [7, 11) is 0. The van der Waals surface area contributed by atoms with Crippen LogP contribution in [0.1, 0.15) is 32.3 Å². The lowest BCUT2D eigenvalue weighted by Crippen LogP contribution is -2.21. The Hall–Kier alpha value is -1.20. The largest absolute Gasteiger partial charge is 0.384 e. The summed E-state index contributed by atoms with van der Waals surface area (Å²) in [6.45, 7) is 9.36. The zero-order chi connectivity index (χ0) is 12.9. The van der Waals surface area contributed by atoms with Crippen molar-refractivity contribution >= 4 is 5.82 Å². The van der Waals surface area contributed by atoms with Gasteiger partial charge < -0.3 is 15.2 Å². The van der Waals surface area contributed by atoms with Crippen molar-refractivity contribution in [1.82, 2.24) is 9.97 Å². The van der Waals surface area contributed by atoms with Crippen molar-refractivity contribution in [2.24, 2.45) is 0 Å². The van der Waals surface area contributed by atoms with Crippen LogP contribution in [-0.2, 0) is 16.1 Å². The molecule has 0 saturated heterocycles. The van der Waals surface area contributed by atoms with Gasteiger partial charge in [0.25, 0.3) is 0 Å². The van der Waals surface area contributed by atoms with Gasteiger partial charge in [-0.25, -0.2) is 9.97 Å². The van der Waals surface area contributed by atoms with Crippen LogP contribution in [0.5, 0.6) is 0 Å². The predicted molar refractivity (Wildman–Crippen MR) is 66.5 cm³/mol. The predicted octanol–water partition coefficient (Wildman–Crippen LogP) is 1.70. The van der Waals surface area contributed by atoms with E-state index in [0.29, 0.717) is 31.5 Å². The SMILES string of the molecule is Cc1cc(N)nc(COCCOC(C)(C)C)n1. The Morgan fingerprint density at radius 3 is 2.53 bits per heavy atom. The molecular formula is C12H21N3O2. The highest BCUT2D eigenvalue weighted by molar-refractivity contribution is 5.28. The summed E-state index contributed by atoms with van der Waals surface area (Å²) >= 11 is 0. The summed E-state index contributed by atoms with van der Waals surface area (Å²) in [5.41, 5.74) is 6.33. The molecule has 0 saturated carbocycles. The van der Waals surface area contributed by atoms with Crippen molar-refractivity contribution in [2.75, 3.05) is 18.9 Å². The van der Waals surface area contributed by atoms with E-state index in [-0.39, 0.29) is 5.60 Å². The summed E-state index contributed by atoms with van der Waals surface area (Å²) < 4.78 is 10.9. The monoisotopic (exact) mass is 239 g/mol. The number of nitrogens with two attached hydrogens (primary N) is 1. The first-order chi connectivity index (χ1) is 7.87. The number of hydrogen-bond donors (Lipinski definition) is 1. The number of nitrogens with zero attached hydrogens (tertiary/aromatic N) is 2. The quantitative estimate of drug-likeness (QED) is 0.792. The van der Waals surface area contributed by atoms with Gasteiger partial charge in [-0.1, -0.05) is 0 Å². The smallest absolute Gasteiger partial charge is 0.156 e. The van der Waals surface area contributed by atoms with Gasteiger partial charge in [0.2, 0.25) is 0 Å². The van der Waals surface area contributed by atoms with Gasteiger partial charge >= 0.3 is 0 Å². The Morgan fingerprint density at radius 2 is 1.94 bits per heavy atom. The van der Waals surface area contributed by atoms with Crippen LogP contribution in [0.2, 0.25) is 0 Å². The van der Waals surface area contributed by atoms with Crippen LogP contribution < -0.4 is 5.73 Å². The third kappa shape index (κ3) is 6.19. The first-order valence-corrected chi connectivity index (χ1v) is 5.68. The van der Waals surface area contributed by atoms with E-state index in [1.807, 2.05) is 27.7 Å². The number of anilines is 1. The van der Waals surface area contributed by atoms with Crippen LogP contribution in [0.3, 0.4) is 0 Å². The van der Waals surface area contributed by atoms with Gasteiger partial charge in [0.1, 0.15) is 12.4 Å². The maximum absolute atomic E-state index is 5.62. The van der Waals surface area contributed by atoms with Gasteiger partial charge in [-0.05, 0) is 27.7 Å². The van der Waals surface area contributed by atoms with E-state index in [9.17, 15) is 0 Å². The average molecular weight is 239 g/mol. The highest BCUT2D eigenvalue weighted by Crippen LogP contribution is 2.06. The van der Waals surface area contributed by atoms with Gasteiger partial charge in [0.15, 0.2) is 5.82 Å². The molecule has 0 fully saturated rings. The van der Waals surface area contributed by atoms with Gasteiger partial charge in [-0.3, -0.25) is 0 Å². The molecule has 1 heterocycles. The van der Waals surface area contributed by atoms with Crippen LogP contribution in [0.15, 0.2) is 6.07 Å². The van der Waals surface area contributed by atoms with E-state index in [2.05, 4.69) is 9.97 Å². The third-order valence-electron chi connectivity index (χ3n) is 1.91. The van der Waals surface area contributed by atoms with E-state index < -0.39 is 0 Å². The molecule has 96 valence electrons. The fourth-order valence-corrected chi connectivity index (χ4v) is 1.29. The third-order valence-corrected chi connectivity index (χ3v) is 1.91. The van der Waals surface area contributed by atoms with Gasteiger partial charge in [-0.2, -0.15) is 0 Å². The lowest BCUT2D eigenvalue weighted by atomic mass is 10.2. The van der Waals surface area contributed by atoms with Crippen molar-refractivity contribution in [3.63, 3.8) is 0 Å². The molecule has 0 amide bonds. The molecule has 0 aromatic carbocycles. The maximum Gasteiger partial charge on any atom is 0.156 e.